The van der Waals surface area contributed by atoms with Gasteiger partial charge in [0.25, 0.3) is 0 Å². The molecule has 2 rings (SSSR count). The van der Waals surface area contributed by atoms with Gasteiger partial charge < -0.3 is 15.7 Å². The highest BCUT2D eigenvalue weighted by Gasteiger charge is 2.10. The standard InChI is InChI=1S/C12H10Cl2N4O2/c1-6-4-9(11(15)18-19)17-12(16-6)20-10-5-7(13)2-3-8(10)14/h2-5,19H,1H3,(H2,15,18). The summed E-state index contributed by atoms with van der Waals surface area (Å²) in [6.45, 7) is 1.72. The van der Waals surface area contributed by atoms with Crippen molar-refractivity contribution in [3.05, 3.63) is 45.7 Å². The number of ether oxygens (including phenoxy) is 1. The minimum Gasteiger partial charge on any atom is -0.423 e. The van der Waals surface area contributed by atoms with Crippen LogP contribution in [-0.2, 0) is 0 Å². The van der Waals surface area contributed by atoms with Crippen molar-refractivity contribution in [2.75, 3.05) is 0 Å². The van der Waals surface area contributed by atoms with Gasteiger partial charge in [0, 0.05) is 16.8 Å². The lowest BCUT2D eigenvalue weighted by Crippen LogP contribution is -2.16. The van der Waals surface area contributed by atoms with Crippen LogP contribution in [0.4, 0.5) is 0 Å². The molecule has 0 bridgehead atoms. The first-order valence-electron chi connectivity index (χ1n) is 5.46. The van der Waals surface area contributed by atoms with E-state index >= 15 is 0 Å². The number of nitrogens with two attached hydrogens (primary N) is 1. The van der Waals surface area contributed by atoms with Gasteiger partial charge in [-0.15, -0.1) is 0 Å². The number of amidine groups is 1. The highest BCUT2D eigenvalue weighted by molar-refractivity contribution is 6.34. The largest absolute Gasteiger partial charge is 0.423 e. The molecule has 0 aliphatic carbocycles. The summed E-state index contributed by atoms with van der Waals surface area (Å²) in [4.78, 5) is 8.11. The molecule has 0 aliphatic rings. The average molecular weight is 313 g/mol. The van der Waals surface area contributed by atoms with Crippen molar-refractivity contribution in [3.8, 4) is 11.8 Å². The highest BCUT2D eigenvalue weighted by atomic mass is 35.5. The first-order chi connectivity index (χ1) is 9.49. The summed E-state index contributed by atoms with van der Waals surface area (Å²) in [5.41, 5.74) is 6.32. The van der Waals surface area contributed by atoms with E-state index in [0.717, 1.165) is 0 Å². The van der Waals surface area contributed by atoms with Crippen LogP contribution in [0.25, 0.3) is 0 Å². The zero-order valence-electron chi connectivity index (χ0n) is 10.3. The minimum absolute atomic E-state index is 0.0239. The Labute approximate surface area is 124 Å². The van der Waals surface area contributed by atoms with E-state index in [1.807, 2.05) is 0 Å². The molecule has 0 radical (unpaired) electrons. The lowest BCUT2D eigenvalue weighted by atomic mass is 10.3. The number of rotatable bonds is 3. The van der Waals surface area contributed by atoms with Crippen molar-refractivity contribution in [2.45, 2.75) is 6.92 Å². The monoisotopic (exact) mass is 312 g/mol. The molecule has 8 heteroatoms. The van der Waals surface area contributed by atoms with Gasteiger partial charge in [0.2, 0.25) is 0 Å². The summed E-state index contributed by atoms with van der Waals surface area (Å²) in [7, 11) is 0. The van der Waals surface area contributed by atoms with Crippen LogP contribution in [0.5, 0.6) is 11.8 Å². The average Bonchev–Trinajstić information content (AvgIpc) is 2.41. The van der Waals surface area contributed by atoms with Crippen molar-refractivity contribution in [2.24, 2.45) is 10.9 Å². The zero-order valence-corrected chi connectivity index (χ0v) is 11.9. The molecule has 0 amide bonds. The van der Waals surface area contributed by atoms with Crippen LogP contribution in [0.1, 0.15) is 11.4 Å². The Hall–Kier alpha value is -2.05. The molecule has 0 atom stereocenters. The maximum atomic E-state index is 8.66. The first-order valence-corrected chi connectivity index (χ1v) is 6.21. The van der Waals surface area contributed by atoms with Gasteiger partial charge in [-0.05, 0) is 25.1 Å². The molecular formula is C12H10Cl2N4O2. The maximum absolute atomic E-state index is 8.66. The lowest BCUT2D eigenvalue weighted by Gasteiger charge is -2.08. The number of hydrogen-bond acceptors (Lipinski definition) is 5. The zero-order chi connectivity index (χ0) is 14.7. The van der Waals surface area contributed by atoms with Gasteiger partial charge in [0.05, 0.1) is 5.02 Å². The Balaban J connectivity index is 2.38. The van der Waals surface area contributed by atoms with Gasteiger partial charge in [0.1, 0.15) is 5.69 Å². The number of benzene rings is 1. The summed E-state index contributed by atoms with van der Waals surface area (Å²) >= 11 is 11.9. The van der Waals surface area contributed by atoms with E-state index in [-0.39, 0.29) is 17.5 Å². The number of nitrogens with zero attached hydrogens (tertiary/aromatic N) is 3. The minimum atomic E-state index is -0.141. The Bertz CT molecular complexity index is 677. The second-order valence-corrected chi connectivity index (χ2v) is 4.68. The van der Waals surface area contributed by atoms with E-state index < -0.39 is 0 Å². The summed E-state index contributed by atoms with van der Waals surface area (Å²) in [6.07, 6.45) is 0. The fraction of sp³-hybridized carbons (Fsp3) is 0.0833. The van der Waals surface area contributed by atoms with Gasteiger partial charge in [-0.1, -0.05) is 28.4 Å². The molecule has 3 N–H and O–H groups in total. The third-order valence-electron chi connectivity index (χ3n) is 2.30. The van der Waals surface area contributed by atoms with Crippen molar-refractivity contribution >= 4 is 29.0 Å². The molecule has 1 aromatic carbocycles. The highest BCUT2D eigenvalue weighted by Crippen LogP contribution is 2.30. The third kappa shape index (κ3) is 3.28. The quantitative estimate of drug-likeness (QED) is 0.393. The molecule has 1 heterocycles. The predicted molar refractivity (Wildman–Crippen MR) is 75.8 cm³/mol. The van der Waals surface area contributed by atoms with Crippen molar-refractivity contribution in [1.29, 1.82) is 0 Å². The van der Waals surface area contributed by atoms with Crippen LogP contribution in [-0.4, -0.2) is 21.0 Å². The van der Waals surface area contributed by atoms with Crippen LogP contribution < -0.4 is 10.5 Å². The molecular weight excluding hydrogens is 303 g/mol. The second kappa shape index (κ2) is 5.94. The molecule has 0 fully saturated rings. The van der Waals surface area contributed by atoms with E-state index in [9.17, 15) is 0 Å². The van der Waals surface area contributed by atoms with Crippen molar-refractivity contribution < 1.29 is 9.94 Å². The Morgan fingerprint density at radius 1 is 1.30 bits per heavy atom. The van der Waals surface area contributed by atoms with Gasteiger partial charge >= 0.3 is 6.01 Å². The van der Waals surface area contributed by atoms with Crippen LogP contribution in [0.3, 0.4) is 0 Å². The summed E-state index contributed by atoms with van der Waals surface area (Å²) < 4.78 is 5.48. The second-order valence-electron chi connectivity index (χ2n) is 3.84. The molecule has 0 saturated heterocycles. The SMILES string of the molecule is Cc1cc(/C(N)=N/O)nc(Oc2cc(Cl)ccc2Cl)n1. The van der Waals surface area contributed by atoms with Gasteiger partial charge in [-0.2, -0.15) is 4.98 Å². The molecule has 0 aliphatic heterocycles. The number of aromatic nitrogens is 2. The van der Waals surface area contributed by atoms with Crippen molar-refractivity contribution in [1.82, 2.24) is 9.97 Å². The normalized spacial score (nSPS) is 11.4. The van der Waals surface area contributed by atoms with Gasteiger partial charge in [-0.25, -0.2) is 4.98 Å². The summed E-state index contributed by atoms with van der Waals surface area (Å²) in [6, 6.07) is 6.35. The van der Waals surface area contributed by atoms with Crippen molar-refractivity contribution in [3.63, 3.8) is 0 Å². The third-order valence-corrected chi connectivity index (χ3v) is 2.85. The van der Waals surface area contributed by atoms with Crippen LogP contribution >= 0.6 is 23.2 Å². The number of halogens is 2. The van der Waals surface area contributed by atoms with E-state index in [1.54, 1.807) is 31.2 Å². The summed E-state index contributed by atoms with van der Waals surface area (Å²) in [5, 5.41) is 12.4. The molecule has 104 valence electrons. The van der Waals surface area contributed by atoms with Crippen LogP contribution in [0.15, 0.2) is 29.4 Å². The Morgan fingerprint density at radius 2 is 2.05 bits per heavy atom. The van der Waals surface area contributed by atoms with Crippen LogP contribution in [0, 0.1) is 6.92 Å². The fourth-order valence-corrected chi connectivity index (χ4v) is 1.74. The fourth-order valence-electron chi connectivity index (χ4n) is 1.42. The van der Waals surface area contributed by atoms with E-state index in [4.69, 9.17) is 38.9 Å². The predicted octanol–water partition coefficient (Wildman–Crippen LogP) is 2.98. The summed E-state index contributed by atoms with van der Waals surface area (Å²) in [5.74, 6) is 0.174. The Kier molecular flexibility index (Phi) is 4.26. The number of aryl methyl sites for hydroxylation is 1. The first kappa shape index (κ1) is 14.4. The number of oxime groups is 1. The topological polar surface area (TPSA) is 93.6 Å². The molecule has 1 aromatic heterocycles. The van der Waals surface area contributed by atoms with E-state index in [0.29, 0.717) is 21.5 Å². The number of hydrogen-bond donors (Lipinski definition) is 2. The Morgan fingerprint density at radius 3 is 2.75 bits per heavy atom. The molecule has 0 saturated carbocycles. The van der Waals surface area contributed by atoms with Gasteiger partial charge in [-0.3, -0.25) is 0 Å². The smallest absolute Gasteiger partial charge is 0.322 e. The van der Waals surface area contributed by atoms with E-state index in [1.165, 1.54) is 0 Å². The van der Waals surface area contributed by atoms with Crippen LogP contribution in [0.2, 0.25) is 10.0 Å². The maximum Gasteiger partial charge on any atom is 0.322 e. The molecule has 0 spiro atoms. The molecule has 6 nitrogen and oxygen atoms in total. The molecule has 20 heavy (non-hydrogen) atoms. The van der Waals surface area contributed by atoms with E-state index in [2.05, 4.69) is 15.1 Å². The van der Waals surface area contributed by atoms with Gasteiger partial charge in [0.15, 0.2) is 11.6 Å². The lowest BCUT2D eigenvalue weighted by molar-refractivity contribution is 0.318. The molecule has 2 aromatic rings. The molecule has 0 unspecified atom stereocenters.